The van der Waals surface area contributed by atoms with Gasteiger partial charge in [0.05, 0.1) is 26.7 Å². The molecule has 2 saturated heterocycles. The van der Waals surface area contributed by atoms with Crippen molar-refractivity contribution in [2.24, 2.45) is 0 Å². The summed E-state index contributed by atoms with van der Waals surface area (Å²) in [6.45, 7) is 0.603. The maximum absolute atomic E-state index is 12.7. The number of rotatable bonds is 5. The molecule has 0 aromatic heterocycles. The minimum Gasteiger partial charge on any atom is -0.497 e. The lowest BCUT2D eigenvalue weighted by atomic mass is 10.0. The molecule has 0 radical (unpaired) electrons. The monoisotopic (exact) mass is 347 g/mol. The fourth-order valence-corrected chi connectivity index (χ4v) is 3.38. The summed E-state index contributed by atoms with van der Waals surface area (Å²) in [5, 5.41) is 4.60. The van der Waals surface area contributed by atoms with Crippen LogP contribution in [0.25, 0.3) is 0 Å². The third kappa shape index (κ3) is 3.38. The second-order valence-corrected chi connectivity index (χ2v) is 6.07. The molecule has 2 fully saturated rings. The third-order valence-electron chi connectivity index (χ3n) is 4.61. The Hall–Kier alpha value is -2.77. The number of likely N-dealkylation sites (tertiary alicyclic amines) is 1. The van der Waals surface area contributed by atoms with Gasteiger partial charge in [-0.05, 0) is 31.0 Å². The molecule has 2 atom stereocenters. The largest absolute Gasteiger partial charge is 0.497 e. The lowest BCUT2D eigenvalue weighted by Gasteiger charge is -2.27. The summed E-state index contributed by atoms with van der Waals surface area (Å²) in [5.41, 5.74) is 0.882. The van der Waals surface area contributed by atoms with E-state index in [2.05, 4.69) is 10.6 Å². The number of hydrogen-bond acceptors (Lipinski definition) is 5. The highest BCUT2D eigenvalue weighted by molar-refractivity contribution is 6.05. The first-order valence-corrected chi connectivity index (χ1v) is 8.16. The SMILES string of the molecule is COc1ccc(OC)c([C@@H]2CCCN2C(=O)C[C@H]2NC(=O)NC2=O)c1. The predicted octanol–water partition coefficient (Wildman–Crippen LogP) is 0.965. The van der Waals surface area contributed by atoms with E-state index in [-0.39, 0.29) is 18.4 Å². The third-order valence-corrected chi connectivity index (χ3v) is 4.61. The Balaban J connectivity index is 1.79. The summed E-state index contributed by atoms with van der Waals surface area (Å²) in [5.74, 6) is 0.748. The number of methoxy groups -OCH3 is 2. The number of hydrogen-bond donors (Lipinski definition) is 2. The van der Waals surface area contributed by atoms with Crippen LogP contribution < -0.4 is 20.1 Å². The molecule has 0 aliphatic carbocycles. The van der Waals surface area contributed by atoms with Crippen LogP contribution in [0.5, 0.6) is 11.5 Å². The van der Waals surface area contributed by atoms with Crippen LogP contribution in [0.4, 0.5) is 4.79 Å². The van der Waals surface area contributed by atoms with E-state index in [9.17, 15) is 14.4 Å². The van der Waals surface area contributed by atoms with Gasteiger partial charge in [0.1, 0.15) is 17.5 Å². The van der Waals surface area contributed by atoms with E-state index in [1.807, 2.05) is 18.2 Å². The number of carbonyl (C=O) groups is 3. The zero-order valence-corrected chi connectivity index (χ0v) is 14.2. The van der Waals surface area contributed by atoms with E-state index >= 15 is 0 Å². The lowest BCUT2D eigenvalue weighted by molar-refractivity contribution is -0.134. The smallest absolute Gasteiger partial charge is 0.322 e. The molecular weight excluding hydrogens is 326 g/mol. The number of nitrogens with one attached hydrogen (secondary N) is 2. The molecule has 2 N–H and O–H groups in total. The number of benzene rings is 1. The Morgan fingerprint density at radius 1 is 1.28 bits per heavy atom. The summed E-state index contributed by atoms with van der Waals surface area (Å²) >= 11 is 0. The molecule has 134 valence electrons. The fraction of sp³-hybridized carbons (Fsp3) is 0.471. The highest BCUT2D eigenvalue weighted by Crippen LogP contribution is 2.39. The van der Waals surface area contributed by atoms with Crippen LogP contribution in [0.15, 0.2) is 18.2 Å². The number of amides is 4. The molecule has 25 heavy (non-hydrogen) atoms. The van der Waals surface area contributed by atoms with Crippen molar-refractivity contribution < 1.29 is 23.9 Å². The Bertz CT molecular complexity index is 706. The van der Waals surface area contributed by atoms with Crippen LogP contribution in [0, 0.1) is 0 Å². The van der Waals surface area contributed by atoms with Gasteiger partial charge in [-0.15, -0.1) is 0 Å². The molecule has 1 aromatic carbocycles. The predicted molar refractivity (Wildman–Crippen MR) is 88.3 cm³/mol. The van der Waals surface area contributed by atoms with E-state index in [1.54, 1.807) is 19.1 Å². The highest BCUT2D eigenvalue weighted by atomic mass is 16.5. The molecule has 1 aromatic rings. The van der Waals surface area contributed by atoms with Crippen molar-refractivity contribution in [2.45, 2.75) is 31.3 Å². The van der Waals surface area contributed by atoms with Crippen LogP contribution in [-0.2, 0) is 9.59 Å². The summed E-state index contributed by atoms with van der Waals surface area (Å²) in [6, 6.07) is 3.99. The average Bonchev–Trinajstić information content (AvgIpc) is 3.21. The summed E-state index contributed by atoms with van der Waals surface area (Å²) in [6.07, 6.45) is 1.61. The number of ether oxygens (including phenoxy) is 2. The maximum atomic E-state index is 12.7. The minimum absolute atomic E-state index is 0.0552. The van der Waals surface area contributed by atoms with E-state index in [0.717, 1.165) is 18.4 Å². The van der Waals surface area contributed by atoms with Crippen molar-refractivity contribution in [1.29, 1.82) is 0 Å². The Kier molecular flexibility index (Phi) is 4.78. The van der Waals surface area contributed by atoms with Crippen molar-refractivity contribution >= 4 is 17.8 Å². The van der Waals surface area contributed by atoms with Crippen LogP contribution >= 0.6 is 0 Å². The van der Waals surface area contributed by atoms with Gasteiger partial charge in [0.15, 0.2) is 0 Å². The second kappa shape index (κ2) is 7.00. The van der Waals surface area contributed by atoms with Gasteiger partial charge in [-0.3, -0.25) is 14.9 Å². The van der Waals surface area contributed by atoms with Crippen LogP contribution in [-0.4, -0.2) is 49.6 Å². The summed E-state index contributed by atoms with van der Waals surface area (Å²) < 4.78 is 10.7. The molecule has 8 nitrogen and oxygen atoms in total. The van der Waals surface area contributed by atoms with Crippen molar-refractivity contribution in [1.82, 2.24) is 15.5 Å². The molecule has 0 unspecified atom stereocenters. The first-order valence-electron chi connectivity index (χ1n) is 8.16. The van der Waals surface area contributed by atoms with Gasteiger partial charge < -0.3 is 19.7 Å². The number of nitrogens with zero attached hydrogens (tertiary/aromatic N) is 1. The van der Waals surface area contributed by atoms with E-state index in [4.69, 9.17) is 9.47 Å². The van der Waals surface area contributed by atoms with E-state index in [0.29, 0.717) is 18.0 Å². The Morgan fingerprint density at radius 3 is 2.72 bits per heavy atom. The molecule has 8 heteroatoms. The molecule has 2 aliphatic rings. The van der Waals surface area contributed by atoms with Crippen molar-refractivity contribution in [3.63, 3.8) is 0 Å². The van der Waals surface area contributed by atoms with Crippen molar-refractivity contribution in [3.8, 4) is 11.5 Å². The van der Waals surface area contributed by atoms with Gasteiger partial charge >= 0.3 is 6.03 Å². The van der Waals surface area contributed by atoms with Crippen LogP contribution in [0.2, 0.25) is 0 Å². The quantitative estimate of drug-likeness (QED) is 0.774. The first kappa shape index (κ1) is 17.1. The molecule has 0 saturated carbocycles. The fourth-order valence-electron chi connectivity index (χ4n) is 3.38. The molecule has 2 aliphatic heterocycles. The molecule has 0 bridgehead atoms. The highest BCUT2D eigenvalue weighted by Gasteiger charge is 2.37. The molecule has 2 heterocycles. The first-order chi connectivity index (χ1) is 12.0. The molecule has 3 rings (SSSR count). The lowest BCUT2D eigenvalue weighted by Crippen LogP contribution is -2.38. The normalized spacial score (nSPS) is 22.6. The van der Waals surface area contributed by atoms with Gasteiger partial charge in [-0.2, -0.15) is 0 Å². The molecule has 4 amide bonds. The van der Waals surface area contributed by atoms with Crippen molar-refractivity contribution in [3.05, 3.63) is 23.8 Å². The zero-order valence-electron chi connectivity index (χ0n) is 14.2. The van der Waals surface area contributed by atoms with Gasteiger partial charge in [0.25, 0.3) is 5.91 Å². The zero-order chi connectivity index (χ0) is 18.0. The molecular formula is C17H21N3O5. The maximum Gasteiger partial charge on any atom is 0.322 e. The average molecular weight is 347 g/mol. The second-order valence-electron chi connectivity index (χ2n) is 6.07. The number of imide groups is 1. The van der Waals surface area contributed by atoms with Gasteiger partial charge in [-0.25, -0.2) is 4.79 Å². The van der Waals surface area contributed by atoms with Gasteiger partial charge in [0.2, 0.25) is 5.91 Å². The van der Waals surface area contributed by atoms with Crippen LogP contribution in [0.3, 0.4) is 0 Å². The number of carbonyl (C=O) groups excluding carboxylic acids is 3. The van der Waals surface area contributed by atoms with E-state index in [1.165, 1.54) is 0 Å². The van der Waals surface area contributed by atoms with Gasteiger partial charge in [-0.1, -0.05) is 0 Å². The Morgan fingerprint density at radius 2 is 2.08 bits per heavy atom. The summed E-state index contributed by atoms with van der Waals surface area (Å²) in [4.78, 5) is 37.3. The molecule has 0 spiro atoms. The minimum atomic E-state index is -0.812. The summed E-state index contributed by atoms with van der Waals surface area (Å²) in [7, 11) is 3.18. The number of urea groups is 1. The Labute approximate surface area is 145 Å². The van der Waals surface area contributed by atoms with Crippen LogP contribution in [0.1, 0.15) is 30.9 Å². The topological polar surface area (TPSA) is 97.0 Å². The van der Waals surface area contributed by atoms with E-state index < -0.39 is 18.0 Å². The standard InChI is InChI=1S/C17H21N3O5/c1-24-10-5-6-14(25-2)11(8-10)13-4-3-7-20(13)15(21)9-12-16(22)19-17(23)18-12/h5-6,8,12-13H,3-4,7,9H2,1-2H3,(H2,18,19,22,23)/t12-,13+/m1/s1. The van der Waals surface area contributed by atoms with Crippen molar-refractivity contribution in [2.75, 3.05) is 20.8 Å². The van der Waals surface area contributed by atoms with Gasteiger partial charge in [0, 0.05) is 12.1 Å².